The number of carbonyl (C=O) groups excluding carboxylic acids is 1. The minimum absolute atomic E-state index is 0.0646. The second kappa shape index (κ2) is 6.47. The first-order chi connectivity index (χ1) is 9.61. The maximum absolute atomic E-state index is 12.2. The summed E-state index contributed by atoms with van der Waals surface area (Å²) in [5.74, 6) is 0.0879. The quantitative estimate of drug-likeness (QED) is 0.634. The topological polar surface area (TPSA) is 75.5 Å². The molecule has 1 aromatic rings. The molecule has 1 saturated heterocycles. The molecule has 1 N–H and O–H groups in total. The van der Waals surface area contributed by atoms with Crippen molar-refractivity contribution in [2.24, 2.45) is 0 Å². The van der Waals surface area contributed by atoms with Crippen molar-refractivity contribution >= 4 is 11.6 Å². The zero-order valence-corrected chi connectivity index (χ0v) is 11.5. The number of likely N-dealkylation sites (tertiary alicyclic amines) is 1. The summed E-state index contributed by atoms with van der Waals surface area (Å²) < 4.78 is 0. The molecule has 0 spiro atoms. The number of amides is 1. The van der Waals surface area contributed by atoms with E-state index in [-0.39, 0.29) is 17.6 Å². The van der Waals surface area contributed by atoms with Crippen LogP contribution >= 0.6 is 0 Å². The minimum Gasteiger partial charge on any atom is -0.337 e. The van der Waals surface area contributed by atoms with Crippen LogP contribution in [-0.4, -0.2) is 34.9 Å². The summed E-state index contributed by atoms with van der Waals surface area (Å²) in [4.78, 5) is 24.2. The maximum atomic E-state index is 12.2. The van der Waals surface area contributed by atoms with Crippen LogP contribution < -0.4 is 5.32 Å². The molecule has 1 aromatic carbocycles. The monoisotopic (exact) mass is 277 g/mol. The molecule has 1 amide bonds. The predicted octanol–water partition coefficient (Wildman–Crippen LogP) is 1.70. The van der Waals surface area contributed by atoms with E-state index in [2.05, 4.69) is 12.2 Å². The Morgan fingerprint density at radius 3 is 3.00 bits per heavy atom. The number of nitro groups is 1. The van der Waals surface area contributed by atoms with E-state index < -0.39 is 4.92 Å². The van der Waals surface area contributed by atoms with Crippen LogP contribution in [0, 0.1) is 10.1 Å². The van der Waals surface area contributed by atoms with Crippen molar-refractivity contribution in [2.75, 3.05) is 13.1 Å². The lowest BCUT2D eigenvalue weighted by molar-refractivity contribution is -0.384. The first-order valence-corrected chi connectivity index (χ1v) is 6.87. The molecular weight excluding hydrogens is 258 g/mol. The molecule has 1 aliphatic heterocycles. The highest BCUT2D eigenvalue weighted by molar-refractivity contribution is 5.83. The predicted molar refractivity (Wildman–Crippen MR) is 75.2 cm³/mol. The molecular formula is C14H19N3O3. The van der Waals surface area contributed by atoms with Crippen molar-refractivity contribution in [2.45, 2.75) is 32.4 Å². The highest BCUT2D eigenvalue weighted by atomic mass is 16.6. The van der Waals surface area contributed by atoms with Gasteiger partial charge in [0.15, 0.2) is 0 Å². The van der Waals surface area contributed by atoms with Crippen LogP contribution in [0.25, 0.3) is 0 Å². The minimum atomic E-state index is -0.416. The van der Waals surface area contributed by atoms with Crippen molar-refractivity contribution in [3.63, 3.8) is 0 Å². The van der Waals surface area contributed by atoms with Gasteiger partial charge in [0.25, 0.3) is 5.69 Å². The van der Waals surface area contributed by atoms with E-state index in [1.165, 1.54) is 12.1 Å². The molecule has 0 saturated carbocycles. The average molecular weight is 277 g/mol. The Bertz CT molecular complexity index is 504. The van der Waals surface area contributed by atoms with E-state index in [1.54, 1.807) is 11.0 Å². The highest BCUT2D eigenvalue weighted by Crippen LogP contribution is 2.18. The first kappa shape index (κ1) is 14.5. The van der Waals surface area contributed by atoms with E-state index in [0.717, 1.165) is 24.9 Å². The smallest absolute Gasteiger partial charge is 0.269 e. The van der Waals surface area contributed by atoms with Gasteiger partial charge in [-0.25, -0.2) is 0 Å². The molecule has 1 atom stereocenters. The van der Waals surface area contributed by atoms with Crippen LogP contribution in [-0.2, 0) is 11.3 Å². The van der Waals surface area contributed by atoms with Gasteiger partial charge in [0.2, 0.25) is 5.91 Å². The van der Waals surface area contributed by atoms with Crippen molar-refractivity contribution in [1.82, 2.24) is 10.2 Å². The molecule has 0 aromatic heterocycles. The largest absolute Gasteiger partial charge is 0.337 e. The van der Waals surface area contributed by atoms with Gasteiger partial charge in [-0.3, -0.25) is 14.9 Å². The van der Waals surface area contributed by atoms with Crippen LogP contribution in [0.1, 0.15) is 25.3 Å². The molecule has 1 fully saturated rings. The number of hydrogen-bond donors (Lipinski definition) is 1. The summed E-state index contributed by atoms with van der Waals surface area (Å²) in [6, 6.07) is 6.35. The van der Waals surface area contributed by atoms with E-state index in [4.69, 9.17) is 0 Å². The molecule has 20 heavy (non-hydrogen) atoms. The van der Waals surface area contributed by atoms with Gasteiger partial charge in [0.1, 0.15) is 0 Å². The Balaban J connectivity index is 1.99. The lowest BCUT2D eigenvalue weighted by Crippen LogP contribution is -2.38. The van der Waals surface area contributed by atoms with E-state index in [1.807, 2.05) is 6.07 Å². The molecule has 1 unspecified atom stereocenters. The lowest BCUT2D eigenvalue weighted by Gasteiger charge is -2.17. The maximum Gasteiger partial charge on any atom is 0.269 e. The van der Waals surface area contributed by atoms with Gasteiger partial charge in [-0.05, 0) is 24.9 Å². The Kier molecular flexibility index (Phi) is 4.68. The second-order valence-electron chi connectivity index (χ2n) is 4.98. The molecule has 0 radical (unpaired) electrons. The van der Waals surface area contributed by atoms with Crippen LogP contribution in [0.2, 0.25) is 0 Å². The van der Waals surface area contributed by atoms with Crippen molar-refractivity contribution in [3.8, 4) is 0 Å². The van der Waals surface area contributed by atoms with Crippen molar-refractivity contribution in [3.05, 3.63) is 39.9 Å². The van der Waals surface area contributed by atoms with Gasteiger partial charge in [0, 0.05) is 25.2 Å². The third kappa shape index (κ3) is 3.33. The van der Waals surface area contributed by atoms with Crippen LogP contribution in [0.3, 0.4) is 0 Å². The number of carbonyl (C=O) groups is 1. The fourth-order valence-electron chi connectivity index (χ4n) is 2.39. The zero-order chi connectivity index (χ0) is 14.5. The molecule has 0 aliphatic carbocycles. The second-order valence-corrected chi connectivity index (χ2v) is 4.98. The van der Waals surface area contributed by atoms with Crippen LogP contribution in [0.15, 0.2) is 24.3 Å². The average Bonchev–Trinajstić information content (AvgIpc) is 2.78. The summed E-state index contributed by atoms with van der Waals surface area (Å²) in [5.41, 5.74) is 0.860. The van der Waals surface area contributed by atoms with Gasteiger partial charge < -0.3 is 10.2 Å². The van der Waals surface area contributed by atoms with Crippen LogP contribution in [0.4, 0.5) is 5.69 Å². The van der Waals surface area contributed by atoms with Gasteiger partial charge in [-0.15, -0.1) is 0 Å². The number of nitro benzene ring substituents is 1. The third-order valence-corrected chi connectivity index (χ3v) is 3.43. The van der Waals surface area contributed by atoms with E-state index in [0.29, 0.717) is 13.1 Å². The van der Waals surface area contributed by atoms with Crippen molar-refractivity contribution in [1.29, 1.82) is 0 Å². The lowest BCUT2D eigenvalue weighted by atomic mass is 10.2. The van der Waals surface area contributed by atoms with E-state index >= 15 is 0 Å². The summed E-state index contributed by atoms with van der Waals surface area (Å²) in [5, 5.41) is 14.0. The SMILES string of the molecule is CCCNC1CCN(Cc2cccc([N+](=O)[O-])c2)C1=O. The summed E-state index contributed by atoms with van der Waals surface area (Å²) in [6.45, 7) is 4.03. The fraction of sp³-hybridized carbons (Fsp3) is 0.500. The molecule has 1 aliphatic rings. The summed E-state index contributed by atoms with van der Waals surface area (Å²) in [6.07, 6.45) is 1.79. The first-order valence-electron chi connectivity index (χ1n) is 6.87. The van der Waals surface area contributed by atoms with Gasteiger partial charge in [-0.1, -0.05) is 19.1 Å². The Morgan fingerprint density at radius 1 is 1.50 bits per heavy atom. The number of rotatable bonds is 6. The third-order valence-electron chi connectivity index (χ3n) is 3.43. The number of nitrogens with zero attached hydrogens (tertiary/aromatic N) is 2. The number of non-ortho nitro benzene ring substituents is 1. The van der Waals surface area contributed by atoms with Gasteiger partial charge in [0.05, 0.1) is 11.0 Å². The van der Waals surface area contributed by atoms with Crippen molar-refractivity contribution < 1.29 is 9.72 Å². The van der Waals surface area contributed by atoms with Gasteiger partial charge >= 0.3 is 0 Å². The molecule has 108 valence electrons. The van der Waals surface area contributed by atoms with Gasteiger partial charge in [-0.2, -0.15) is 0 Å². The molecule has 0 bridgehead atoms. The summed E-state index contributed by atoms with van der Waals surface area (Å²) >= 11 is 0. The normalized spacial score (nSPS) is 18.6. The Morgan fingerprint density at radius 2 is 2.30 bits per heavy atom. The highest BCUT2D eigenvalue weighted by Gasteiger charge is 2.30. The molecule has 1 heterocycles. The molecule has 6 heteroatoms. The molecule has 2 rings (SSSR count). The molecule has 6 nitrogen and oxygen atoms in total. The zero-order valence-electron chi connectivity index (χ0n) is 11.5. The van der Waals surface area contributed by atoms with Crippen LogP contribution in [0.5, 0.6) is 0 Å². The number of nitrogens with one attached hydrogen (secondary N) is 1. The standard InChI is InChI=1S/C14H19N3O3/c1-2-7-15-13-6-8-16(14(13)18)10-11-4-3-5-12(9-11)17(19)20/h3-5,9,13,15H,2,6-8,10H2,1H3. The Labute approximate surface area is 117 Å². The summed E-state index contributed by atoms with van der Waals surface area (Å²) in [7, 11) is 0. The van der Waals surface area contributed by atoms with E-state index in [9.17, 15) is 14.9 Å². The number of hydrogen-bond acceptors (Lipinski definition) is 4. The Hall–Kier alpha value is -1.95. The fourth-order valence-corrected chi connectivity index (χ4v) is 2.39. The number of benzene rings is 1.